The molecule has 0 bridgehead atoms. The van der Waals surface area contributed by atoms with E-state index in [4.69, 9.17) is 11.5 Å². The molecule has 0 spiro atoms. The Morgan fingerprint density at radius 1 is 0.676 bits per heavy atom. The maximum atomic E-state index is 10.0. The Kier molecular flexibility index (Phi) is 14.6. The van der Waals surface area contributed by atoms with Crippen molar-refractivity contribution < 1.29 is 4.79 Å². The van der Waals surface area contributed by atoms with Gasteiger partial charge in [-0.2, -0.15) is 23.4 Å². The molecule has 4 N–H and O–H groups in total. The van der Waals surface area contributed by atoms with Crippen LogP contribution in [0.1, 0.15) is 28.9 Å². The summed E-state index contributed by atoms with van der Waals surface area (Å²) in [7, 11) is 0. The number of carbonyl (C=O) groups excluding carboxylic acids is 1. The van der Waals surface area contributed by atoms with E-state index in [1.807, 2.05) is 42.5 Å². The van der Waals surface area contributed by atoms with E-state index in [-0.39, 0.29) is 30.8 Å². The van der Waals surface area contributed by atoms with Crippen LogP contribution in [0.4, 0.5) is 17.1 Å². The Morgan fingerprint density at radius 3 is 1.62 bits per heavy atom. The number of hydrogen-bond donors (Lipinski definition) is 2. The number of benzene rings is 4. The molecule has 1 atom stereocenters. The van der Waals surface area contributed by atoms with Crippen molar-refractivity contribution in [1.29, 1.82) is 0 Å². The highest BCUT2D eigenvalue weighted by Crippen LogP contribution is 2.28. The molecule has 0 aromatic heterocycles. The molecule has 0 saturated carbocycles. The first-order chi connectivity index (χ1) is 15.2. The van der Waals surface area contributed by atoms with Crippen LogP contribution in [-0.4, -0.2) is 12.0 Å². The van der Waals surface area contributed by atoms with E-state index in [0.29, 0.717) is 11.4 Å². The van der Waals surface area contributed by atoms with Crippen molar-refractivity contribution in [2.75, 3.05) is 11.5 Å². The van der Waals surface area contributed by atoms with E-state index in [1.54, 1.807) is 24.3 Å². The third kappa shape index (κ3) is 9.22. The SMILES string of the molecule is C.Nc1ccccc1N.O=Cc1ccccc1.P.S.c1ccc(C2=Nc3ccccc3C2)cc1. The molecule has 0 amide bonds. The second kappa shape index (κ2) is 16.2. The standard InChI is InChI=1S/C14H11N.C7H6O.C6H8N2.CH4.H3P.H2S/c1-2-6-11(7-3-1)14-10-12-8-4-5-9-13(12)15-14;8-6-7-4-2-1-3-5-7;7-5-3-1-2-4-6(5)8;;;/h1-9H,10H2;1-6H;1-4H,7-8H2;1H4;1H3;1H2. The monoisotopic (exact) mass is 491 g/mol. The fraction of sp³-hybridized carbons (Fsp3) is 0.0714. The van der Waals surface area contributed by atoms with Crippen molar-refractivity contribution in [3.8, 4) is 0 Å². The molecule has 178 valence electrons. The molecule has 4 nitrogen and oxygen atoms in total. The lowest BCUT2D eigenvalue weighted by molar-refractivity contribution is 0.112. The molecule has 1 heterocycles. The van der Waals surface area contributed by atoms with Gasteiger partial charge in [0.25, 0.3) is 0 Å². The van der Waals surface area contributed by atoms with Gasteiger partial charge in [-0.15, -0.1) is 0 Å². The van der Waals surface area contributed by atoms with Gasteiger partial charge < -0.3 is 11.5 Å². The second-order valence-corrected chi connectivity index (χ2v) is 6.89. The van der Waals surface area contributed by atoms with Gasteiger partial charge in [0.05, 0.1) is 22.8 Å². The van der Waals surface area contributed by atoms with Crippen LogP contribution < -0.4 is 11.5 Å². The highest BCUT2D eigenvalue weighted by Gasteiger charge is 2.14. The van der Waals surface area contributed by atoms with Crippen LogP contribution in [0.25, 0.3) is 0 Å². The highest BCUT2D eigenvalue weighted by molar-refractivity contribution is 7.59. The molecular weight excluding hydrogens is 457 g/mol. The van der Waals surface area contributed by atoms with Crippen molar-refractivity contribution >= 4 is 52.5 Å². The maximum absolute atomic E-state index is 10.0. The summed E-state index contributed by atoms with van der Waals surface area (Å²) in [6.45, 7) is 0. The number of hydrogen-bond acceptors (Lipinski definition) is 4. The zero-order valence-electron chi connectivity index (χ0n) is 18.4. The average Bonchev–Trinajstić information content (AvgIpc) is 3.27. The number of fused-ring (bicyclic) bond motifs is 1. The summed E-state index contributed by atoms with van der Waals surface area (Å²) in [4.78, 5) is 14.6. The van der Waals surface area contributed by atoms with Gasteiger partial charge in [-0.3, -0.25) is 9.79 Å². The Balaban J connectivity index is 0.000000498. The largest absolute Gasteiger partial charge is 0.397 e. The Hall–Kier alpha value is -3.40. The fourth-order valence-electron chi connectivity index (χ4n) is 2.97. The molecular formula is C28H34N3OPS. The van der Waals surface area contributed by atoms with E-state index in [9.17, 15) is 4.79 Å². The molecule has 1 aliphatic rings. The van der Waals surface area contributed by atoms with Crippen LogP contribution >= 0.6 is 23.4 Å². The van der Waals surface area contributed by atoms with Gasteiger partial charge in [0.2, 0.25) is 0 Å². The van der Waals surface area contributed by atoms with Crippen LogP contribution in [-0.2, 0) is 6.42 Å². The van der Waals surface area contributed by atoms with Crippen LogP contribution in [0, 0.1) is 0 Å². The van der Waals surface area contributed by atoms with Crippen LogP contribution in [0.3, 0.4) is 0 Å². The average molecular weight is 492 g/mol. The van der Waals surface area contributed by atoms with E-state index in [2.05, 4.69) is 47.5 Å². The molecule has 34 heavy (non-hydrogen) atoms. The number of carbonyl (C=O) groups is 1. The number of aliphatic imine (C=N–C) groups is 1. The summed E-state index contributed by atoms with van der Waals surface area (Å²) in [6.07, 6.45) is 1.79. The van der Waals surface area contributed by atoms with E-state index >= 15 is 0 Å². The van der Waals surface area contributed by atoms with Crippen LogP contribution in [0.15, 0.2) is 114 Å². The topological polar surface area (TPSA) is 81.5 Å². The molecule has 1 aliphatic heterocycles. The molecule has 0 radical (unpaired) electrons. The van der Waals surface area contributed by atoms with Crippen LogP contribution in [0.5, 0.6) is 0 Å². The number of rotatable bonds is 2. The minimum Gasteiger partial charge on any atom is -0.397 e. The molecule has 0 aliphatic carbocycles. The van der Waals surface area contributed by atoms with E-state index < -0.39 is 0 Å². The molecule has 6 heteroatoms. The molecule has 5 rings (SSSR count). The Bertz CT molecular complexity index is 1130. The van der Waals surface area contributed by atoms with E-state index in [1.165, 1.54) is 16.8 Å². The summed E-state index contributed by atoms with van der Waals surface area (Å²) in [5.74, 6) is 0. The predicted octanol–water partition coefficient (Wildman–Crippen LogP) is 6.52. The van der Waals surface area contributed by atoms with Gasteiger partial charge in [-0.25, -0.2) is 0 Å². The number of nitrogens with zero attached hydrogens (tertiary/aromatic N) is 1. The smallest absolute Gasteiger partial charge is 0.150 e. The van der Waals surface area contributed by atoms with Crippen molar-refractivity contribution in [1.82, 2.24) is 0 Å². The van der Waals surface area contributed by atoms with Gasteiger partial charge in [0.15, 0.2) is 0 Å². The lowest BCUT2D eigenvalue weighted by Crippen LogP contribution is -1.99. The minimum atomic E-state index is 0. The molecule has 4 aromatic rings. The van der Waals surface area contributed by atoms with Crippen LogP contribution in [0.2, 0.25) is 0 Å². The molecule has 1 unspecified atom stereocenters. The lowest BCUT2D eigenvalue weighted by atomic mass is 10.0. The van der Waals surface area contributed by atoms with Gasteiger partial charge in [-0.1, -0.05) is 98.4 Å². The third-order valence-corrected chi connectivity index (χ3v) is 4.64. The predicted molar refractivity (Wildman–Crippen MR) is 158 cm³/mol. The lowest BCUT2D eigenvalue weighted by Gasteiger charge is -1.98. The summed E-state index contributed by atoms with van der Waals surface area (Å²) in [6, 6.07) is 35.1. The maximum Gasteiger partial charge on any atom is 0.150 e. The Morgan fingerprint density at radius 2 is 1.15 bits per heavy atom. The molecule has 0 saturated heterocycles. The first kappa shape index (κ1) is 30.6. The number of para-hydroxylation sites is 3. The van der Waals surface area contributed by atoms with Gasteiger partial charge in [-0.05, 0) is 29.3 Å². The van der Waals surface area contributed by atoms with Crippen molar-refractivity contribution in [2.45, 2.75) is 13.8 Å². The summed E-state index contributed by atoms with van der Waals surface area (Å²) in [5.41, 5.74) is 17.7. The summed E-state index contributed by atoms with van der Waals surface area (Å²) < 4.78 is 0. The first-order valence-electron chi connectivity index (χ1n) is 9.98. The van der Waals surface area contributed by atoms with Crippen molar-refractivity contribution in [2.24, 2.45) is 4.99 Å². The highest BCUT2D eigenvalue weighted by atomic mass is 32.1. The number of anilines is 2. The van der Waals surface area contributed by atoms with Crippen molar-refractivity contribution in [3.63, 3.8) is 0 Å². The van der Waals surface area contributed by atoms with E-state index in [0.717, 1.165) is 24.0 Å². The van der Waals surface area contributed by atoms with Gasteiger partial charge >= 0.3 is 0 Å². The van der Waals surface area contributed by atoms with Gasteiger partial charge in [0, 0.05) is 12.0 Å². The minimum absolute atomic E-state index is 0. The third-order valence-electron chi connectivity index (χ3n) is 4.64. The molecule has 4 aromatic carbocycles. The molecule has 0 fully saturated rings. The quantitative estimate of drug-likeness (QED) is 0.190. The number of nitrogen functional groups attached to an aromatic ring is 2. The number of nitrogens with two attached hydrogens (primary N) is 2. The summed E-state index contributed by atoms with van der Waals surface area (Å²) in [5, 5.41) is 0. The zero-order valence-corrected chi connectivity index (χ0v) is 20.8. The first-order valence-corrected chi connectivity index (χ1v) is 9.98. The summed E-state index contributed by atoms with van der Waals surface area (Å²) >= 11 is 0. The van der Waals surface area contributed by atoms with Gasteiger partial charge in [0.1, 0.15) is 6.29 Å². The fourth-order valence-corrected chi connectivity index (χ4v) is 2.97. The zero-order chi connectivity index (χ0) is 21.9. The second-order valence-electron chi connectivity index (χ2n) is 6.89. The normalized spacial score (nSPS) is 10.1. The van der Waals surface area contributed by atoms with Crippen molar-refractivity contribution in [3.05, 3.63) is 126 Å². The number of aldehydes is 1. The Labute approximate surface area is 213 Å².